The number of alkyl carbamates (subject to hydrolysis) is 1. The predicted octanol–water partition coefficient (Wildman–Crippen LogP) is 2.04. The summed E-state index contributed by atoms with van der Waals surface area (Å²) in [5.41, 5.74) is -0.542. The maximum atomic E-state index is 13.1. The van der Waals surface area contributed by atoms with Crippen LogP contribution in [0.2, 0.25) is 0 Å². The van der Waals surface area contributed by atoms with E-state index in [-0.39, 0.29) is 11.3 Å². The highest BCUT2D eigenvalue weighted by molar-refractivity contribution is 5.93. The Morgan fingerprint density at radius 2 is 1.94 bits per heavy atom. The van der Waals surface area contributed by atoms with Gasteiger partial charge in [0.25, 0.3) is 5.91 Å². The van der Waals surface area contributed by atoms with E-state index >= 15 is 0 Å². The number of aliphatic hydroxyl groups is 1. The molecule has 9 nitrogen and oxygen atoms in total. The number of aliphatic hydroxyl groups excluding tert-OH is 1. The first-order chi connectivity index (χ1) is 15.0. The van der Waals surface area contributed by atoms with Gasteiger partial charge in [-0.3, -0.25) is 14.5 Å². The number of hydrogen-bond donors (Lipinski definition) is 4. The lowest BCUT2D eigenvalue weighted by atomic mass is 10.0. The molecule has 0 aliphatic rings. The van der Waals surface area contributed by atoms with Crippen molar-refractivity contribution in [2.45, 2.75) is 64.6 Å². The molecule has 0 radical (unpaired) electrons. The number of carbonyl (C=O) groups excluding carboxylic acids is 3. The molecule has 0 saturated carbocycles. The number of nitrogens with zero attached hydrogens (tertiary/aromatic N) is 1. The standard InChI is InChI=1S/C23H33N3O6/c1-6-8-9-13-24-20(29)19(16-11-10-12-17(28)14-16)26(7-2)21(30)18(15-27)25-22(31)32-23(3,4)5/h2,10-12,14,18-19,27-28H,6,8-9,13,15H2,1,3-5H3,(H,24,29)(H,25,31). The number of carbonyl (C=O) groups is 3. The molecule has 1 rings (SSSR count). The minimum Gasteiger partial charge on any atom is -0.508 e. The summed E-state index contributed by atoms with van der Waals surface area (Å²) in [7, 11) is 0. The van der Waals surface area contributed by atoms with Crippen molar-refractivity contribution in [1.29, 1.82) is 0 Å². The Labute approximate surface area is 189 Å². The first-order valence-electron chi connectivity index (χ1n) is 10.5. The molecule has 1 aromatic carbocycles. The lowest BCUT2D eigenvalue weighted by Gasteiger charge is -2.29. The molecule has 0 aromatic heterocycles. The number of phenolic OH excluding ortho intramolecular Hbond substituents is 1. The number of hydrogen-bond acceptors (Lipinski definition) is 6. The maximum Gasteiger partial charge on any atom is 0.408 e. The van der Waals surface area contributed by atoms with Gasteiger partial charge in [0.05, 0.1) is 6.61 Å². The third-order valence-electron chi connectivity index (χ3n) is 4.32. The van der Waals surface area contributed by atoms with Crippen molar-refractivity contribution in [2.75, 3.05) is 13.2 Å². The predicted molar refractivity (Wildman–Crippen MR) is 119 cm³/mol. The van der Waals surface area contributed by atoms with E-state index in [0.29, 0.717) is 6.54 Å². The zero-order valence-electron chi connectivity index (χ0n) is 19.1. The molecule has 0 bridgehead atoms. The van der Waals surface area contributed by atoms with Crippen LogP contribution in [-0.2, 0) is 14.3 Å². The van der Waals surface area contributed by atoms with Gasteiger partial charge in [0.15, 0.2) is 0 Å². The van der Waals surface area contributed by atoms with Crippen LogP contribution in [-0.4, -0.2) is 57.8 Å². The fourth-order valence-electron chi connectivity index (χ4n) is 2.86. The molecule has 0 aliphatic carbocycles. The van der Waals surface area contributed by atoms with E-state index in [2.05, 4.69) is 16.7 Å². The van der Waals surface area contributed by atoms with Gasteiger partial charge in [0.2, 0.25) is 5.91 Å². The molecule has 9 heteroatoms. The molecule has 2 atom stereocenters. The number of phenols is 1. The van der Waals surface area contributed by atoms with Gasteiger partial charge in [-0.2, -0.15) is 0 Å². The quantitative estimate of drug-likeness (QED) is 0.247. The van der Waals surface area contributed by atoms with Crippen LogP contribution in [0.25, 0.3) is 0 Å². The van der Waals surface area contributed by atoms with Crippen molar-refractivity contribution in [1.82, 2.24) is 15.5 Å². The summed E-state index contributed by atoms with van der Waals surface area (Å²) in [4.78, 5) is 39.0. The third-order valence-corrected chi connectivity index (χ3v) is 4.32. The van der Waals surface area contributed by atoms with Crippen LogP contribution < -0.4 is 10.6 Å². The minimum absolute atomic E-state index is 0.110. The number of ether oxygens (including phenoxy) is 1. The first-order valence-corrected chi connectivity index (χ1v) is 10.5. The Bertz CT molecular complexity index is 828. The SMILES string of the molecule is C#CN(C(=O)C(CO)NC(=O)OC(C)(C)C)C(C(=O)NCCCCC)c1cccc(O)c1. The second-order valence-electron chi connectivity index (χ2n) is 8.21. The largest absolute Gasteiger partial charge is 0.508 e. The Balaban J connectivity index is 3.17. The van der Waals surface area contributed by atoms with Crippen LogP contribution in [0.15, 0.2) is 24.3 Å². The van der Waals surface area contributed by atoms with E-state index in [1.54, 1.807) is 26.8 Å². The molecule has 176 valence electrons. The number of nitrogens with one attached hydrogen (secondary N) is 2. The second kappa shape index (κ2) is 12.6. The van der Waals surface area contributed by atoms with E-state index in [1.165, 1.54) is 18.2 Å². The Morgan fingerprint density at radius 3 is 2.47 bits per heavy atom. The molecule has 4 N–H and O–H groups in total. The average Bonchev–Trinajstić information content (AvgIpc) is 2.71. The highest BCUT2D eigenvalue weighted by Gasteiger charge is 2.35. The summed E-state index contributed by atoms with van der Waals surface area (Å²) in [6, 6.07) is 5.26. The third kappa shape index (κ3) is 8.47. The molecule has 0 saturated heterocycles. The van der Waals surface area contributed by atoms with Crippen LogP contribution in [0.3, 0.4) is 0 Å². The summed E-state index contributed by atoms with van der Waals surface area (Å²) in [5, 5.41) is 24.6. The Kier molecular flexibility index (Phi) is 10.5. The summed E-state index contributed by atoms with van der Waals surface area (Å²) >= 11 is 0. The molecular weight excluding hydrogens is 414 g/mol. The fourth-order valence-corrected chi connectivity index (χ4v) is 2.86. The molecule has 0 heterocycles. The van der Waals surface area contributed by atoms with E-state index < -0.39 is 42.2 Å². The second-order valence-corrected chi connectivity index (χ2v) is 8.21. The molecule has 0 spiro atoms. The van der Waals surface area contributed by atoms with Crippen molar-refractivity contribution >= 4 is 17.9 Å². The molecule has 1 aromatic rings. The maximum absolute atomic E-state index is 13.1. The number of terminal acetylenes is 1. The monoisotopic (exact) mass is 447 g/mol. The van der Waals surface area contributed by atoms with E-state index in [1.807, 2.05) is 6.92 Å². The van der Waals surface area contributed by atoms with Crippen molar-refractivity contribution < 1.29 is 29.3 Å². The van der Waals surface area contributed by atoms with Crippen molar-refractivity contribution in [3.8, 4) is 18.2 Å². The number of benzene rings is 1. The highest BCUT2D eigenvalue weighted by atomic mass is 16.6. The number of amides is 3. The Hall–Kier alpha value is -3.25. The summed E-state index contributed by atoms with van der Waals surface area (Å²) in [6.07, 6.45) is 7.29. The normalized spacial score (nSPS) is 12.8. The number of rotatable bonds is 10. The van der Waals surface area contributed by atoms with Gasteiger partial charge in [0.1, 0.15) is 23.4 Å². The molecule has 32 heavy (non-hydrogen) atoms. The van der Waals surface area contributed by atoms with Gasteiger partial charge >= 0.3 is 6.09 Å². The number of aromatic hydroxyl groups is 1. The Morgan fingerprint density at radius 1 is 1.25 bits per heavy atom. The highest BCUT2D eigenvalue weighted by Crippen LogP contribution is 2.25. The average molecular weight is 448 g/mol. The smallest absolute Gasteiger partial charge is 0.408 e. The zero-order chi connectivity index (χ0) is 24.3. The fraction of sp³-hybridized carbons (Fsp3) is 0.522. The first kappa shape index (κ1) is 26.8. The van der Waals surface area contributed by atoms with Gasteiger partial charge in [-0.15, -0.1) is 0 Å². The van der Waals surface area contributed by atoms with Crippen LogP contribution in [0.4, 0.5) is 4.79 Å². The van der Waals surface area contributed by atoms with Gasteiger partial charge in [0, 0.05) is 12.6 Å². The molecule has 0 fully saturated rings. The van der Waals surface area contributed by atoms with Crippen LogP contribution in [0, 0.1) is 12.5 Å². The van der Waals surface area contributed by atoms with Gasteiger partial charge in [-0.05, 0) is 44.9 Å². The topological polar surface area (TPSA) is 128 Å². The molecule has 3 amide bonds. The zero-order valence-corrected chi connectivity index (χ0v) is 19.1. The summed E-state index contributed by atoms with van der Waals surface area (Å²) in [6.45, 7) is 6.60. The van der Waals surface area contributed by atoms with Gasteiger partial charge < -0.3 is 25.6 Å². The van der Waals surface area contributed by atoms with Crippen molar-refractivity contribution in [2.24, 2.45) is 0 Å². The van der Waals surface area contributed by atoms with E-state index in [9.17, 15) is 24.6 Å². The van der Waals surface area contributed by atoms with Gasteiger partial charge in [-0.1, -0.05) is 38.3 Å². The van der Waals surface area contributed by atoms with Crippen LogP contribution >= 0.6 is 0 Å². The molecule has 0 aliphatic heterocycles. The lowest BCUT2D eigenvalue weighted by Crippen LogP contribution is -2.53. The lowest BCUT2D eigenvalue weighted by molar-refractivity contribution is -0.139. The number of unbranched alkanes of at least 4 members (excludes halogenated alkanes) is 2. The summed E-state index contributed by atoms with van der Waals surface area (Å²) in [5.74, 6) is -1.54. The molecular formula is C23H33N3O6. The molecule has 2 unspecified atom stereocenters. The van der Waals surface area contributed by atoms with E-state index in [0.717, 1.165) is 24.2 Å². The van der Waals surface area contributed by atoms with Gasteiger partial charge in [-0.25, -0.2) is 4.79 Å². The van der Waals surface area contributed by atoms with Crippen LogP contribution in [0.1, 0.15) is 58.6 Å². The van der Waals surface area contributed by atoms with Crippen molar-refractivity contribution in [3.05, 3.63) is 29.8 Å². The van der Waals surface area contributed by atoms with Crippen LogP contribution in [0.5, 0.6) is 5.75 Å². The summed E-state index contributed by atoms with van der Waals surface area (Å²) < 4.78 is 5.12. The minimum atomic E-state index is -1.44. The van der Waals surface area contributed by atoms with E-state index in [4.69, 9.17) is 11.2 Å². The van der Waals surface area contributed by atoms with Crippen molar-refractivity contribution in [3.63, 3.8) is 0 Å².